The number of aliphatic imine (C=N–C) groups is 1. The Kier molecular flexibility index (Phi) is 4.33. The van der Waals surface area contributed by atoms with Crippen LogP contribution in [-0.2, 0) is 4.74 Å². The fourth-order valence-electron chi connectivity index (χ4n) is 0.863. The number of hydrogen-bond acceptors (Lipinski definition) is 2. The third-order valence-corrected chi connectivity index (χ3v) is 1.93. The van der Waals surface area contributed by atoms with Gasteiger partial charge >= 0.3 is 0 Å². The molecule has 0 saturated carbocycles. The number of methoxy groups -OCH3 is 1. The maximum absolute atomic E-state index is 5.79. The lowest BCUT2D eigenvalue weighted by Gasteiger charge is -2.04. The molecule has 6 heteroatoms. The quantitative estimate of drug-likeness (QED) is 0.450. The Bertz CT molecular complexity index is 395. The number of anilines is 1. The highest BCUT2D eigenvalue weighted by atomic mass is 35.5. The molecule has 0 bridgehead atoms. The molecule has 0 aliphatic rings. The second kappa shape index (κ2) is 5.53. The molecule has 80 valence electrons. The molecule has 0 fully saturated rings. The monoisotopic (exact) mass is 243 g/mol. The average molecular weight is 244 g/mol. The molecule has 0 spiro atoms. The third kappa shape index (κ3) is 4.14. The molecule has 0 heterocycles. The molecule has 1 rings (SSSR count). The number of nitrogens with one attached hydrogen (secondary N) is 1. The Morgan fingerprint density at radius 2 is 2.33 bits per heavy atom. The summed E-state index contributed by atoms with van der Waals surface area (Å²) in [4.78, 5) is 3.77. The Labute approximate surface area is 98.1 Å². The van der Waals surface area contributed by atoms with Gasteiger partial charge in [-0.1, -0.05) is 17.7 Å². The van der Waals surface area contributed by atoms with Crippen molar-refractivity contribution in [1.82, 2.24) is 0 Å². The summed E-state index contributed by atoms with van der Waals surface area (Å²) in [5, 5.41) is 3.68. The summed E-state index contributed by atoms with van der Waals surface area (Å²) in [6.45, 7) is 0. The van der Waals surface area contributed by atoms with Crippen LogP contribution in [0.25, 0.3) is 0 Å². The van der Waals surface area contributed by atoms with E-state index in [1.807, 2.05) is 6.07 Å². The Morgan fingerprint density at radius 3 is 2.93 bits per heavy atom. The zero-order valence-corrected chi connectivity index (χ0v) is 9.60. The van der Waals surface area contributed by atoms with E-state index >= 15 is 0 Å². The lowest BCUT2D eigenvalue weighted by molar-refractivity contribution is 0.397. The van der Waals surface area contributed by atoms with Gasteiger partial charge in [-0.05, 0) is 30.4 Å². The zero-order chi connectivity index (χ0) is 11.3. The van der Waals surface area contributed by atoms with Gasteiger partial charge in [0.2, 0.25) is 5.11 Å². The van der Waals surface area contributed by atoms with Crippen molar-refractivity contribution in [3.05, 3.63) is 29.3 Å². The van der Waals surface area contributed by atoms with Crippen LogP contribution in [0.15, 0.2) is 29.3 Å². The van der Waals surface area contributed by atoms with Crippen LogP contribution < -0.4 is 11.1 Å². The van der Waals surface area contributed by atoms with Gasteiger partial charge in [0.1, 0.15) is 0 Å². The Balaban J connectivity index is 2.67. The molecule has 0 atom stereocenters. The molecule has 0 aliphatic carbocycles. The van der Waals surface area contributed by atoms with E-state index in [1.165, 1.54) is 7.11 Å². The first-order valence-corrected chi connectivity index (χ1v) is 4.85. The van der Waals surface area contributed by atoms with E-state index in [9.17, 15) is 0 Å². The maximum Gasteiger partial charge on any atom is 0.289 e. The van der Waals surface area contributed by atoms with Crippen LogP contribution in [0.1, 0.15) is 0 Å². The average Bonchev–Trinajstić information content (AvgIpc) is 2.17. The van der Waals surface area contributed by atoms with Crippen molar-refractivity contribution in [3.63, 3.8) is 0 Å². The fraction of sp³-hybridized carbons (Fsp3) is 0.111. The predicted octanol–water partition coefficient (Wildman–Crippen LogP) is 2.00. The second-order valence-corrected chi connectivity index (χ2v) is 3.42. The molecule has 3 N–H and O–H groups in total. The molecule has 0 saturated heterocycles. The summed E-state index contributed by atoms with van der Waals surface area (Å²) < 4.78 is 4.66. The van der Waals surface area contributed by atoms with Crippen LogP contribution >= 0.6 is 23.8 Å². The van der Waals surface area contributed by atoms with Crippen molar-refractivity contribution in [3.8, 4) is 0 Å². The first-order valence-electron chi connectivity index (χ1n) is 4.06. The van der Waals surface area contributed by atoms with Crippen molar-refractivity contribution < 1.29 is 4.74 Å². The van der Waals surface area contributed by atoms with Crippen molar-refractivity contribution in [1.29, 1.82) is 0 Å². The molecule has 0 radical (unpaired) electrons. The summed E-state index contributed by atoms with van der Waals surface area (Å²) in [5.41, 5.74) is 6.08. The van der Waals surface area contributed by atoms with Gasteiger partial charge < -0.3 is 15.8 Å². The lowest BCUT2D eigenvalue weighted by atomic mass is 10.3. The molecule has 0 unspecified atom stereocenters. The van der Waals surface area contributed by atoms with Crippen molar-refractivity contribution >= 4 is 40.6 Å². The van der Waals surface area contributed by atoms with E-state index in [0.717, 1.165) is 5.69 Å². The van der Waals surface area contributed by atoms with E-state index in [1.54, 1.807) is 18.2 Å². The molecule has 0 aliphatic heterocycles. The van der Waals surface area contributed by atoms with Crippen LogP contribution in [0, 0.1) is 0 Å². The maximum atomic E-state index is 5.79. The number of rotatable bonds is 1. The molecule has 15 heavy (non-hydrogen) atoms. The van der Waals surface area contributed by atoms with E-state index in [-0.39, 0.29) is 11.1 Å². The number of hydrogen-bond donors (Lipinski definition) is 2. The van der Waals surface area contributed by atoms with Crippen LogP contribution in [0.5, 0.6) is 0 Å². The van der Waals surface area contributed by atoms with Crippen LogP contribution in [0.4, 0.5) is 5.69 Å². The van der Waals surface area contributed by atoms with Gasteiger partial charge in [0.25, 0.3) is 6.02 Å². The van der Waals surface area contributed by atoms with Gasteiger partial charge in [0.15, 0.2) is 0 Å². The number of ether oxygens (including phenoxy) is 1. The first kappa shape index (κ1) is 11.7. The predicted molar refractivity (Wildman–Crippen MR) is 66.3 cm³/mol. The van der Waals surface area contributed by atoms with Gasteiger partial charge in [-0.15, -0.1) is 0 Å². The number of benzene rings is 1. The van der Waals surface area contributed by atoms with E-state index in [0.29, 0.717) is 5.02 Å². The van der Waals surface area contributed by atoms with Gasteiger partial charge in [-0.25, -0.2) is 0 Å². The molecular weight excluding hydrogens is 234 g/mol. The smallest absolute Gasteiger partial charge is 0.289 e. The van der Waals surface area contributed by atoms with E-state index in [4.69, 9.17) is 29.6 Å². The molecule has 4 nitrogen and oxygen atoms in total. The topological polar surface area (TPSA) is 59.6 Å². The van der Waals surface area contributed by atoms with Crippen molar-refractivity contribution in [2.24, 2.45) is 10.7 Å². The Morgan fingerprint density at radius 1 is 1.60 bits per heavy atom. The summed E-state index contributed by atoms with van der Waals surface area (Å²) in [6.07, 6.45) is 0. The first-order chi connectivity index (χ1) is 7.11. The lowest BCUT2D eigenvalue weighted by Crippen LogP contribution is -2.18. The fourth-order valence-corrected chi connectivity index (χ4v) is 1.26. The minimum Gasteiger partial charge on any atom is -0.468 e. The minimum absolute atomic E-state index is 0.00882. The van der Waals surface area contributed by atoms with Crippen molar-refractivity contribution in [2.45, 2.75) is 0 Å². The SMILES string of the molecule is CO/C(N)=N/C(=S)Nc1cccc(Cl)c1. The number of halogens is 1. The standard InChI is InChI=1S/C9H10ClN3OS/c1-14-8(11)13-9(15)12-7-4-2-3-6(10)5-7/h2-5H,1H3,(H3,11,12,13,15). The molecule has 0 amide bonds. The van der Waals surface area contributed by atoms with Crippen LogP contribution in [0.2, 0.25) is 5.02 Å². The molecule has 1 aromatic rings. The number of nitrogens with zero attached hydrogens (tertiary/aromatic N) is 1. The van der Waals surface area contributed by atoms with Gasteiger partial charge in [-0.3, -0.25) is 0 Å². The highest BCUT2D eigenvalue weighted by molar-refractivity contribution is 7.80. The number of thiocarbonyl (C=S) groups is 1. The highest BCUT2D eigenvalue weighted by Crippen LogP contribution is 2.14. The minimum atomic E-state index is 0.00882. The largest absolute Gasteiger partial charge is 0.468 e. The number of amidine groups is 1. The molecule has 0 aromatic heterocycles. The second-order valence-electron chi connectivity index (χ2n) is 2.59. The van der Waals surface area contributed by atoms with Crippen LogP contribution in [-0.4, -0.2) is 18.2 Å². The zero-order valence-electron chi connectivity index (χ0n) is 8.03. The third-order valence-electron chi connectivity index (χ3n) is 1.50. The van der Waals surface area contributed by atoms with Gasteiger partial charge in [-0.2, -0.15) is 4.99 Å². The van der Waals surface area contributed by atoms with Gasteiger partial charge in [0, 0.05) is 10.7 Å². The molecular formula is C9H10ClN3OS. The highest BCUT2D eigenvalue weighted by Gasteiger charge is 1.98. The summed E-state index contributed by atoms with van der Waals surface area (Å²) in [5.74, 6) is 0. The summed E-state index contributed by atoms with van der Waals surface area (Å²) >= 11 is 10.7. The van der Waals surface area contributed by atoms with Crippen LogP contribution in [0.3, 0.4) is 0 Å². The Hall–Kier alpha value is -1.33. The van der Waals surface area contributed by atoms with E-state index < -0.39 is 0 Å². The van der Waals surface area contributed by atoms with E-state index in [2.05, 4.69) is 15.0 Å². The normalized spacial score (nSPS) is 10.9. The number of nitrogens with two attached hydrogens (primary N) is 1. The van der Waals surface area contributed by atoms with Crippen molar-refractivity contribution in [2.75, 3.05) is 12.4 Å². The summed E-state index contributed by atoms with van der Waals surface area (Å²) in [6, 6.07) is 7.12. The molecule has 1 aromatic carbocycles. The summed E-state index contributed by atoms with van der Waals surface area (Å²) in [7, 11) is 1.42. The van der Waals surface area contributed by atoms with Gasteiger partial charge in [0.05, 0.1) is 7.11 Å².